The lowest BCUT2D eigenvalue weighted by Crippen LogP contribution is -2.27. The molecule has 3 aromatic rings. The van der Waals surface area contributed by atoms with Gasteiger partial charge in [-0.05, 0) is 75.0 Å². The van der Waals surface area contributed by atoms with Gasteiger partial charge in [0.2, 0.25) is 5.95 Å². The molecule has 1 aromatic carbocycles. The Labute approximate surface area is 208 Å². The van der Waals surface area contributed by atoms with Crippen LogP contribution in [0.2, 0.25) is 0 Å². The van der Waals surface area contributed by atoms with Crippen molar-refractivity contribution in [2.75, 3.05) is 17.2 Å². The van der Waals surface area contributed by atoms with E-state index in [1.165, 1.54) is 29.5 Å². The maximum atomic E-state index is 14.4. The highest BCUT2D eigenvalue weighted by Gasteiger charge is 2.28. The minimum absolute atomic E-state index is 0.00838. The van der Waals surface area contributed by atoms with E-state index in [0.717, 1.165) is 38.0 Å². The predicted octanol–water partition coefficient (Wildman–Crippen LogP) is 3.84. The van der Waals surface area contributed by atoms with Crippen LogP contribution in [0.3, 0.4) is 0 Å². The number of nitrogens with one attached hydrogen (secondary N) is 4. The van der Waals surface area contributed by atoms with E-state index in [0.29, 0.717) is 5.95 Å². The van der Waals surface area contributed by atoms with Gasteiger partial charge < -0.3 is 21.3 Å². The number of nitrogens with zero attached hydrogens (tertiary/aromatic N) is 4. The number of aromatic nitrogens is 3. The molecule has 9 nitrogen and oxygen atoms in total. The zero-order chi connectivity index (χ0) is 25.3. The summed E-state index contributed by atoms with van der Waals surface area (Å²) in [4.78, 5) is 26.1. The average Bonchev–Trinajstić information content (AvgIpc) is 3.69. The predicted molar refractivity (Wildman–Crippen MR) is 134 cm³/mol. The van der Waals surface area contributed by atoms with Gasteiger partial charge in [-0.3, -0.25) is 4.79 Å². The van der Waals surface area contributed by atoms with Gasteiger partial charge in [-0.15, -0.1) is 0 Å². The van der Waals surface area contributed by atoms with E-state index in [4.69, 9.17) is 0 Å². The zero-order valence-electron chi connectivity index (χ0n) is 20.2. The Morgan fingerprint density at radius 3 is 2.78 bits per heavy atom. The third kappa shape index (κ3) is 5.11. The molecule has 3 heterocycles. The SMILES string of the molecule is CC(C)(C#N)c1nc(Nc2nc(Nc3ccc4c(c3)CNCC4)ncc2C(=O)NC2CC2)ccc1F. The molecule has 1 aliphatic heterocycles. The summed E-state index contributed by atoms with van der Waals surface area (Å²) in [5.41, 5.74) is 2.48. The number of carbonyl (C=O) groups is 1. The van der Waals surface area contributed by atoms with Crippen molar-refractivity contribution in [3.63, 3.8) is 0 Å². The summed E-state index contributed by atoms with van der Waals surface area (Å²) in [5, 5.41) is 22.0. The summed E-state index contributed by atoms with van der Waals surface area (Å²) in [6, 6.07) is 11.0. The van der Waals surface area contributed by atoms with Gasteiger partial charge in [0.05, 0.1) is 17.2 Å². The average molecular weight is 487 g/mol. The van der Waals surface area contributed by atoms with E-state index in [1.54, 1.807) is 13.8 Å². The highest BCUT2D eigenvalue weighted by Crippen LogP contribution is 2.28. The number of nitriles is 1. The summed E-state index contributed by atoms with van der Waals surface area (Å²) in [7, 11) is 0. The molecule has 0 atom stereocenters. The lowest BCUT2D eigenvalue weighted by molar-refractivity contribution is 0.0951. The normalized spacial score (nSPS) is 14.9. The first-order chi connectivity index (χ1) is 17.3. The number of amides is 1. The van der Waals surface area contributed by atoms with E-state index in [1.807, 2.05) is 6.07 Å². The van der Waals surface area contributed by atoms with Gasteiger partial charge in [-0.1, -0.05) is 6.07 Å². The number of hydrogen-bond donors (Lipinski definition) is 4. The summed E-state index contributed by atoms with van der Waals surface area (Å²) in [6.45, 7) is 4.96. The molecule has 0 saturated heterocycles. The van der Waals surface area contributed by atoms with Crippen molar-refractivity contribution in [1.29, 1.82) is 5.26 Å². The minimum atomic E-state index is -1.13. The molecule has 0 spiro atoms. The van der Waals surface area contributed by atoms with Crippen LogP contribution in [-0.2, 0) is 18.4 Å². The van der Waals surface area contributed by atoms with Gasteiger partial charge in [0, 0.05) is 24.5 Å². The van der Waals surface area contributed by atoms with Gasteiger partial charge in [0.15, 0.2) is 0 Å². The number of hydrogen-bond acceptors (Lipinski definition) is 8. The molecule has 36 heavy (non-hydrogen) atoms. The smallest absolute Gasteiger partial charge is 0.256 e. The Morgan fingerprint density at radius 2 is 2.00 bits per heavy atom. The van der Waals surface area contributed by atoms with E-state index in [2.05, 4.69) is 54.4 Å². The highest BCUT2D eigenvalue weighted by atomic mass is 19.1. The molecule has 1 aliphatic carbocycles. The number of pyridine rings is 1. The second-order valence-electron chi connectivity index (χ2n) is 9.63. The number of anilines is 4. The molecule has 184 valence electrons. The monoisotopic (exact) mass is 486 g/mol. The molecule has 1 amide bonds. The molecule has 0 bridgehead atoms. The maximum absolute atomic E-state index is 14.4. The van der Waals surface area contributed by atoms with Crippen LogP contribution >= 0.6 is 0 Å². The number of carbonyl (C=O) groups excluding carboxylic acids is 1. The molecule has 5 rings (SSSR count). The van der Waals surface area contributed by atoms with Crippen LogP contribution in [0, 0.1) is 17.1 Å². The van der Waals surface area contributed by atoms with Crippen LogP contribution in [0.5, 0.6) is 0 Å². The molecular weight excluding hydrogens is 459 g/mol. The minimum Gasteiger partial charge on any atom is -0.349 e. The molecule has 2 aliphatic rings. The van der Waals surface area contributed by atoms with Crippen molar-refractivity contribution >= 4 is 29.2 Å². The number of halogens is 1. The number of fused-ring (bicyclic) bond motifs is 1. The molecule has 4 N–H and O–H groups in total. The van der Waals surface area contributed by atoms with E-state index >= 15 is 0 Å². The van der Waals surface area contributed by atoms with Crippen molar-refractivity contribution in [2.24, 2.45) is 0 Å². The number of benzene rings is 1. The van der Waals surface area contributed by atoms with E-state index in [9.17, 15) is 14.4 Å². The second-order valence-corrected chi connectivity index (χ2v) is 9.63. The molecule has 0 radical (unpaired) electrons. The van der Waals surface area contributed by atoms with Crippen LogP contribution in [0.4, 0.5) is 27.7 Å². The number of rotatable bonds is 7. The summed E-state index contributed by atoms with van der Waals surface area (Å²) in [6.07, 6.45) is 4.32. The lowest BCUT2D eigenvalue weighted by atomic mass is 9.90. The fourth-order valence-corrected chi connectivity index (χ4v) is 4.01. The summed E-state index contributed by atoms with van der Waals surface area (Å²) < 4.78 is 14.4. The Bertz CT molecular complexity index is 1360. The van der Waals surface area contributed by atoms with Crippen molar-refractivity contribution in [1.82, 2.24) is 25.6 Å². The fraction of sp³-hybridized carbons (Fsp3) is 0.346. The Balaban J connectivity index is 1.46. The largest absolute Gasteiger partial charge is 0.349 e. The van der Waals surface area contributed by atoms with Crippen LogP contribution in [0.1, 0.15) is 53.9 Å². The van der Waals surface area contributed by atoms with E-state index in [-0.39, 0.29) is 34.8 Å². The van der Waals surface area contributed by atoms with Crippen LogP contribution < -0.4 is 21.3 Å². The maximum Gasteiger partial charge on any atom is 0.256 e. The third-order valence-electron chi connectivity index (χ3n) is 6.26. The van der Waals surface area contributed by atoms with Crippen molar-refractivity contribution in [3.8, 4) is 6.07 Å². The Morgan fingerprint density at radius 1 is 1.17 bits per heavy atom. The molecule has 1 fully saturated rings. The van der Waals surface area contributed by atoms with Crippen LogP contribution in [0.15, 0.2) is 36.5 Å². The molecule has 2 aromatic heterocycles. The van der Waals surface area contributed by atoms with Crippen LogP contribution in [0.25, 0.3) is 0 Å². The van der Waals surface area contributed by atoms with Crippen molar-refractivity contribution in [3.05, 3.63) is 64.7 Å². The summed E-state index contributed by atoms with van der Waals surface area (Å²) >= 11 is 0. The van der Waals surface area contributed by atoms with Gasteiger partial charge >= 0.3 is 0 Å². The first kappa shape index (κ1) is 23.6. The molecule has 10 heteroatoms. The molecule has 0 unspecified atom stereocenters. The van der Waals surface area contributed by atoms with Crippen LogP contribution in [-0.4, -0.2) is 33.4 Å². The van der Waals surface area contributed by atoms with Gasteiger partial charge in [0.1, 0.15) is 23.0 Å². The first-order valence-corrected chi connectivity index (χ1v) is 11.9. The van der Waals surface area contributed by atoms with Crippen molar-refractivity contribution < 1.29 is 9.18 Å². The zero-order valence-corrected chi connectivity index (χ0v) is 20.2. The first-order valence-electron chi connectivity index (χ1n) is 11.9. The summed E-state index contributed by atoms with van der Waals surface area (Å²) in [5.74, 6) is -0.0921. The Hall–Kier alpha value is -4.10. The standard InChI is InChI=1S/C26H27FN8O/c1-26(2,14-28)22-20(27)7-8-21(33-22)34-23-19(24(36)31-17-5-6-17)13-30-25(35-23)32-18-4-3-15-9-10-29-12-16(15)11-18/h3-4,7-8,11,13,17,29H,5-6,9-10,12H2,1-2H3,(H,31,36)(H2,30,32,33,34,35). The second kappa shape index (κ2) is 9.51. The van der Waals surface area contributed by atoms with Gasteiger partial charge in [-0.25, -0.2) is 14.4 Å². The molecule has 1 saturated carbocycles. The van der Waals surface area contributed by atoms with Crippen molar-refractivity contribution in [2.45, 2.75) is 51.1 Å². The van der Waals surface area contributed by atoms with E-state index < -0.39 is 11.2 Å². The van der Waals surface area contributed by atoms with Gasteiger partial charge in [0.25, 0.3) is 5.91 Å². The quantitative estimate of drug-likeness (QED) is 0.397. The topological polar surface area (TPSA) is 128 Å². The highest BCUT2D eigenvalue weighted by molar-refractivity contribution is 5.99. The fourth-order valence-electron chi connectivity index (χ4n) is 4.01. The lowest BCUT2D eigenvalue weighted by Gasteiger charge is -2.19. The van der Waals surface area contributed by atoms with Gasteiger partial charge in [-0.2, -0.15) is 10.2 Å². The Kier molecular flexibility index (Phi) is 6.24. The third-order valence-corrected chi connectivity index (χ3v) is 6.26. The molecular formula is C26H27FN8O.